The maximum atomic E-state index is 2.41. The van der Waals surface area contributed by atoms with E-state index in [1.807, 2.05) is 0 Å². The normalized spacial score (nSPS) is 12.9. The predicted octanol–water partition coefficient (Wildman–Crippen LogP) is 6.00. The van der Waals surface area contributed by atoms with Gasteiger partial charge < -0.3 is 4.90 Å². The molecule has 0 fully saturated rings. The van der Waals surface area contributed by atoms with Crippen LogP contribution in [0.4, 0.5) is 11.4 Å². The van der Waals surface area contributed by atoms with Gasteiger partial charge in [-0.2, -0.15) is 4.57 Å². The van der Waals surface area contributed by atoms with E-state index in [1.165, 1.54) is 55.4 Å². The zero-order valence-corrected chi connectivity index (χ0v) is 16.7. The number of nitrogens with zero attached hydrogens (tertiary/aromatic N) is 2. The van der Waals surface area contributed by atoms with Gasteiger partial charge in [-0.3, -0.25) is 0 Å². The van der Waals surface area contributed by atoms with Crippen molar-refractivity contribution < 1.29 is 4.57 Å². The Bertz CT molecular complexity index is 1230. The first kappa shape index (κ1) is 16.3. The lowest BCUT2D eigenvalue weighted by atomic mass is 9.86. The zero-order valence-electron chi connectivity index (χ0n) is 16.7. The first-order chi connectivity index (χ1) is 13.0. The number of benzene rings is 3. The van der Waals surface area contributed by atoms with Crippen molar-refractivity contribution in [2.45, 2.75) is 26.7 Å². The minimum atomic E-state index is 0.442. The van der Waals surface area contributed by atoms with Crippen LogP contribution in [0, 0.1) is 6.92 Å². The van der Waals surface area contributed by atoms with E-state index in [4.69, 9.17) is 0 Å². The summed E-state index contributed by atoms with van der Waals surface area (Å²) in [6, 6.07) is 20.0. The van der Waals surface area contributed by atoms with Crippen molar-refractivity contribution >= 4 is 33.1 Å². The second-order valence-electron chi connectivity index (χ2n) is 8.03. The average Bonchev–Trinajstić information content (AvgIpc) is 2.67. The summed E-state index contributed by atoms with van der Waals surface area (Å²) in [5, 5.41) is 4.03. The monoisotopic (exact) mass is 353 g/mol. The fourth-order valence-corrected chi connectivity index (χ4v) is 4.91. The lowest BCUT2D eigenvalue weighted by molar-refractivity contribution is -0.633. The third-order valence-electron chi connectivity index (χ3n) is 6.11. The Labute approximate surface area is 160 Å². The van der Waals surface area contributed by atoms with Crippen molar-refractivity contribution in [2.24, 2.45) is 7.05 Å². The first-order valence-electron chi connectivity index (χ1n) is 9.71. The van der Waals surface area contributed by atoms with Crippen LogP contribution in [0.5, 0.6) is 0 Å². The average molecular weight is 353 g/mol. The summed E-state index contributed by atoms with van der Waals surface area (Å²) in [5.74, 6) is 0.442. The van der Waals surface area contributed by atoms with E-state index in [0.717, 1.165) is 0 Å². The maximum absolute atomic E-state index is 2.41. The summed E-state index contributed by atoms with van der Waals surface area (Å²) in [6.07, 6.45) is 0. The van der Waals surface area contributed by atoms with Crippen molar-refractivity contribution in [1.29, 1.82) is 0 Å². The molecule has 0 bridgehead atoms. The van der Waals surface area contributed by atoms with Crippen LogP contribution in [0.2, 0.25) is 0 Å². The quantitative estimate of drug-likeness (QED) is 0.381. The summed E-state index contributed by atoms with van der Waals surface area (Å²) in [6.45, 7) is 6.86. The molecule has 0 N–H and O–H groups in total. The summed E-state index contributed by atoms with van der Waals surface area (Å²) in [5.41, 5.74) is 9.44. The van der Waals surface area contributed by atoms with Crippen LogP contribution in [0.1, 0.15) is 30.9 Å². The van der Waals surface area contributed by atoms with Crippen LogP contribution in [0.15, 0.2) is 54.6 Å². The van der Waals surface area contributed by atoms with Crippen LogP contribution in [0.25, 0.3) is 32.9 Å². The lowest BCUT2D eigenvalue weighted by Gasteiger charge is -2.32. The lowest BCUT2D eigenvalue weighted by Crippen LogP contribution is -2.37. The number of aromatic nitrogens is 1. The maximum Gasteiger partial charge on any atom is 0.238 e. The SMILES string of the molecule is Cc1ccc2cccc3c2c1-c1c(c(C(C)C)c2ccccc2[n+]1C)N3C. The Hall–Kier alpha value is -2.87. The van der Waals surface area contributed by atoms with Crippen molar-refractivity contribution in [3.05, 3.63) is 65.7 Å². The van der Waals surface area contributed by atoms with E-state index in [0.29, 0.717) is 5.92 Å². The number of pyridine rings is 1. The Morgan fingerprint density at radius 2 is 1.70 bits per heavy atom. The van der Waals surface area contributed by atoms with Gasteiger partial charge in [-0.1, -0.05) is 50.2 Å². The van der Waals surface area contributed by atoms with Gasteiger partial charge in [0.1, 0.15) is 12.7 Å². The molecule has 0 atom stereocenters. The number of rotatable bonds is 1. The van der Waals surface area contributed by atoms with E-state index in [9.17, 15) is 0 Å². The van der Waals surface area contributed by atoms with Gasteiger partial charge in [-0.25, -0.2) is 0 Å². The van der Waals surface area contributed by atoms with Crippen LogP contribution in [0.3, 0.4) is 0 Å². The molecule has 0 aliphatic carbocycles. The predicted molar refractivity (Wildman–Crippen MR) is 115 cm³/mol. The molecular formula is C25H25N2+. The van der Waals surface area contributed by atoms with Crippen LogP contribution >= 0.6 is 0 Å². The molecule has 0 amide bonds. The van der Waals surface area contributed by atoms with Gasteiger partial charge in [0.25, 0.3) is 0 Å². The smallest absolute Gasteiger partial charge is 0.238 e. The van der Waals surface area contributed by atoms with Crippen LogP contribution < -0.4 is 9.47 Å². The Kier molecular flexibility index (Phi) is 3.36. The molecular weight excluding hydrogens is 328 g/mol. The molecule has 1 aromatic heterocycles. The van der Waals surface area contributed by atoms with Gasteiger partial charge in [-0.05, 0) is 41.5 Å². The molecule has 0 saturated heterocycles. The number of aryl methyl sites for hydroxylation is 2. The second-order valence-corrected chi connectivity index (χ2v) is 8.03. The molecule has 3 aromatic carbocycles. The highest BCUT2D eigenvalue weighted by atomic mass is 15.1. The number of hydrogen-bond donors (Lipinski definition) is 0. The van der Waals surface area contributed by atoms with Crippen molar-refractivity contribution in [3.63, 3.8) is 0 Å². The molecule has 0 saturated carbocycles. The molecule has 0 radical (unpaired) electrons. The molecule has 2 heteroatoms. The topological polar surface area (TPSA) is 7.12 Å². The second kappa shape index (κ2) is 5.56. The molecule has 1 aliphatic rings. The fraction of sp³-hybridized carbons (Fsp3) is 0.240. The van der Waals surface area contributed by atoms with Gasteiger partial charge in [0, 0.05) is 24.2 Å². The molecule has 5 rings (SSSR count). The highest BCUT2D eigenvalue weighted by Gasteiger charge is 2.35. The van der Waals surface area contributed by atoms with Gasteiger partial charge >= 0.3 is 0 Å². The number of anilines is 2. The summed E-state index contributed by atoms with van der Waals surface area (Å²) in [4.78, 5) is 2.41. The molecule has 2 nitrogen and oxygen atoms in total. The van der Waals surface area contributed by atoms with Gasteiger partial charge in [-0.15, -0.1) is 0 Å². The summed E-state index contributed by atoms with van der Waals surface area (Å²) >= 11 is 0. The molecule has 27 heavy (non-hydrogen) atoms. The van der Waals surface area contributed by atoms with Crippen molar-refractivity contribution in [3.8, 4) is 11.3 Å². The van der Waals surface area contributed by atoms with Gasteiger partial charge in [0.05, 0.1) is 10.9 Å². The van der Waals surface area contributed by atoms with E-state index >= 15 is 0 Å². The molecule has 0 spiro atoms. The van der Waals surface area contributed by atoms with Crippen LogP contribution in [-0.2, 0) is 7.05 Å². The Morgan fingerprint density at radius 1 is 0.926 bits per heavy atom. The number of para-hydroxylation sites is 1. The Morgan fingerprint density at radius 3 is 2.48 bits per heavy atom. The van der Waals surface area contributed by atoms with E-state index in [-0.39, 0.29) is 0 Å². The number of fused-ring (bicyclic) bond motifs is 3. The largest absolute Gasteiger partial charge is 0.338 e. The van der Waals surface area contributed by atoms with Crippen molar-refractivity contribution in [1.82, 2.24) is 0 Å². The van der Waals surface area contributed by atoms with Gasteiger partial charge in [0.2, 0.25) is 11.2 Å². The zero-order chi connectivity index (χ0) is 18.9. The highest BCUT2D eigenvalue weighted by molar-refractivity contribution is 6.13. The van der Waals surface area contributed by atoms with E-state index < -0.39 is 0 Å². The number of hydrogen-bond acceptors (Lipinski definition) is 1. The summed E-state index contributed by atoms with van der Waals surface area (Å²) in [7, 11) is 4.44. The van der Waals surface area contributed by atoms with Crippen molar-refractivity contribution in [2.75, 3.05) is 11.9 Å². The van der Waals surface area contributed by atoms with E-state index in [2.05, 4.69) is 98.9 Å². The molecule has 4 aromatic rings. The summed E-state index contributed by atoms with van der Waals surface area (Å²) < 4.78 is 2.39. The third-order valence-corrected chi connectivity index (χ3v) is 6.11. The third kappa shape index (κ3) is 2.04. The minimum Gasteiger partial charge on any atom is -0.338 e. The van der Waals surface area contributed by atoms with Crippen LogP contribution in [-0.4, -0.2) is 7.05 Å². The minimum absolute atomic E-state index is 0.442. The molecule has 1 aliphatic heterocycles. The standard InChI is InChI=1S/C25H25N2/c1-15(2)21-18-10-6-7-11-19(18)26(4)25-22-16(3)13-14-17-9-8-12-20(23(17)22)27(5)24(21)25/h6-15H,1-5H3/q+1. The molecule has 2 heterocycles. The highest BCUT2D eigenvalue weighted by Crippen LogP contribution is 2.50. The molecule has 0 unspecified atom stereocenters. The first-order valence-corrected chi connectivity index (χ1v) is 9.71. The van der Waals surface area contributed by atoms with Gasteiger partial charge in [0.15, 0.2) is 0 Å². The molecule has 134 valence electrons. The van der Waals surface area contributed by atoms with E-state index in [1.54, 1.807) is 0 Å². The Balaban J connectivity index is 2.10. The fourth-order valence-electron chi connectivity index (χ4n) is 4.91.